The number of rotatable bonds is 10. The van der Waals surface area contributed by atoms with E-state index in [2.05, 4.69) is 34.9 Å². The van der Waals surface area contributed by atoms with Gasteiger partial charge in [0.25, 0.3) is 0 Å². The Kier molecular flexibility index (Phi) is 8.08. The Morgan fingerprint density at radius 2 is 1.71 bits per heavy atom. The molecule has 4 rings (SSSR count). The fraction of sp³-hybridized carbons (Fsp3) is 0.400. The van der Waals surface area contributed by atoms with Crippen molar-refractivity contribution in [2.45, 2.75) is 18.4 Å². The van der Waals surface area contributed by atoms with E-state index in [1.54, 1.807) is 0 Å². The van der Waals surface area contributed by atoms with Crippen LogP contribution in [0.1, 0.15) is 23.5 Å². The van der Waals surface area contributed by atoms with Gasteiger partial charge in [-0.05, 0) is 28.7 Å². The number of amides is 2. The first-order valence-corrected chi connectivity index (χ1v) is 12.5. The summed E-state index contributed by atoms with van der Waals surface area (Å²) in [4.78, 5) is 35.4. The molecule has 0 spiro atoms. The number of thioether (sulfide) groups is 1. The molecule has 9 heteroatoms. The Bertz CT molecular complexity index is 1000. The maximum Gasteiger partial charge on any atom is 0.407 e. The summed E-state index contributed by atoms with van der Waals surface area (Å²) < 4.78 is 11.1. The molecule has 0 radical (unpaired) electrons. The number of carboxylic acids is 1. The van der Waals surface area contributed by atoms with Gasteiger partial charge in [0.1, 0.15) is 12.7 Å². The largest absolute Gasteiger partial charge is 0.481 e. The monoisotopic (exact) mass is 484 g/mol. The van der Waals surface area contributed by atoms with Crippen LogP contribution >= 0.6 is 11.8 Å². The van der Waals surface area contributed by atoms with E-state index in [9.17, 15) is 14.4 Å². The molecule has 1 aliphatic carbocycles. The number of fused-ring (bicyclic) bond motifs is 3. The number of carbonyl (C=O) groups is 3. The molecule has 2 aromatic carbocycles. The van der Waals surface area contributed by atoms with E-state index in [1.165, 1.54) is 22.9 Å². The van der Waals surface area contributed by atoms with Crippen LogP contribution in [-0.4, -0.2) is 67.0 Å². The number of hydrogen-bond donors (Lipinski definition) is 3. The topological polar surface area (TPSA) is 114 Å². The fourth-order valence-electron chi connectivity index (χ4n) is 4.50. The number of carbonyl (C=O) groups excluding carboxylic acids is 2. The summed E-state index contributed by atoms with van der Waals surface area (Å²) in [5, 5.41) is 14.2. The molecule has 2 atom stereocenters. The molecule has 180 valence electrons. The van der Waals surface area contributed by atoms with Crippen LogP contribution in [0, 0.1) is 5.92 Å². The van der Waals surface area contributed by atoms with Crippen molar-refractivity contribution in [2.75, 3.05) is 37.8 Å². The standard InChI is InChI=1S/C25H28N2O6S/c28-22(29)15-34-12-10-26-24(30)23-16(9-11-32-23)13-27-25(31)33-14-21-19-7-3-1-5-17(19)18-6-2-4-8-20(18)21/h1-8,16,21,23H,9-15H2,(H,26,30)(H,27,31)(H,28,29). The first-order valence-electron chi connectivity index (χ1n) is 11.3. The number of benzene rings is 2. The molecule has 0 saturated carbocycles. The molecule has 2 aliphatic rings. The summed E-state index contributed by atoms with van der Waals surface area (Å²) in [6, 6.07) is 16.3. The smallest absolute Gasteiger partial charge is 0.407 e. The van der Waals surface area contributed by atoms with Crippen molar-refractivity contribution in [1.29, 1.82) is 0 Å². The number of nitrogens with one attached hydrogen (secondary N) is 2. The van der Waals surface area contributed by atoms with Crippen molar-refractivity contribution in [3.05, 3.63) is 59.7 Å². The van der Waals surface area contributed by atoms with Crippen molar-refractivity contribution >= 4 is 29.7 Å². The van der Waals surface area contributed by atoms with Gasteiger partial charge in [0.2, 0.25) is 5.91 Å². The van der Waals surface area contributed by atoms with Crippen LogP contribution in [0.4, 0.5) is 4.79 Å². The van der Waals surface area contributed by atoms with Crippen LogP contribution in [0.3, 0.4) is 0 Å². The molecular weight excluding hydrogens is 456 g/mol. The van der Waals surface area contributed by atoms with Gasteiger partial charge in [0.05, 0.1) is 5.75 Å². The highest BCUT2D eigenvalue weighted by atomic mass is 32.2. The number of aliphatic carboxylic acids is 1. The number of hydrogen-bond acceptors (Lipinski definition) is 6. The normalized spacial score (nSPS) is 18.7. The van der Waals surface area contributed by atoms with Crippen LogP contribution in [0.2, 0.25) is 0 Å². The lowest BCUT2D eigenvalue weighted by Crippen LogP contribution is -2.42. The Hall–Kier alpha value is -3.04. The zero-order valence-corrected chi connectivity index (χ0v) is 19.5. The van der Waals surface area contributed by atoms with Crippen LogP contribution in [0.5, 0.6) is 0 Å². The van der Waals surface area contributed by atoms with Gasteiger partial charge in [-0.15, -0.1) is 11.8 Å². The maximum atomic E-state index is 12.4. The lowest BCUT2D eigenvalue weighted by molar-refractivity contribution is -0.134. The molecule has 0 aromatic heterocycles. The minimum atomic E-state index is -0.880. The van der Waals surface area contributed by atoms with Crippen molar-refractivity contribution in [3.63, 3.8) is 0 Å². The summed E-state index contributed by atoms with van der Waals surface area (Å²) >= 11 is 1.24. The number of alkyl carbamates (subject to hydrolysis) is 1. The van der Waals surface area contributed by atoms with Gasteiger partial charge in [-0.1, -0.05) is 48.5 Å². The summed E-state index contributed by atoms with van der Waals surface area (Å²) in [6.07, 6.45) is -0.494. The van der Waals surface area contributed by atoms with Crippen LogP contribution < -0.4 is 10.6 Å². The molecule has 0 bridgehead atoms. The first kappa shape index (κ1) is 24.1. The molecule has 2 amide bonds. The second-order valence-corrected chi connectivity index (χ2v) is 9.39. The molecule has 34 heavy (non-hydrogen) atoms. The van der Waals surface area contributed by atoms with E-state index in [-0.39, 0.29) is 36.6 Å². The van der Waals surface area contributed by atoms with Gasteiger partial charge in [-0.25, -0.2) is 4.79 Å². The molecular formula is C25H28N2O6S. The van der Waals surface area contributed by atoms with Crippen molar-refractivity contribution < 1.29 is 29.0 Å². The Morgan fingerprint density at radius 3 is 2.38 bits per heavy atom. The van der Waals surface area contributed by atoms with Crippen LogP contribution in [0.25, 0.3) is 11.1 Å². The van der Waals surface area contributed by atoms with E-state index in [1.807, 2.05) is 24.3 Å². The van der Waals surface area contributed by atoms with Crippen molar-refractivity contribution in [3.8, 4) is 11.1 Å². The third kappa shape index (κ3) is 5.71. The third-order valence-electron chi connectivity index (χ3n) is 6.10. The second-order valence-electron chi connectivity index (χ2n) is 8.28. The molecule has 2 unspecified atom stereocenters. The summed E-state index contributed by atoms with van der Waals surface area (Å²) in [5.41, 5.74) is 4.65. The first-order chi connectivity index (χ1) is 16.5. The number of carboxylic acid groups (broad SMARTS) is 1. The summed E-state index contributed by atoms with van der Waals surface area (Å²) in [5.74, 6) is -0.768. The Morgan fingerprint density at radius 1 is 1.03 bits per heavy atom. The highest BCUT2D eigenvalue weighted by molar-refractivity contribution is 7.99. The summed E-state index contributed by atoms with van der Waals surface area (Å²) in [7, 11) is 0. The minimum Gasteiger partial charge on any atom is -0.481 e. The van der Waals surface area contributed by atoms with E-state index in [0.717, 1.165) is 11.1 Å². The fourth-order valence-corrected chi connectivity index (χ4v) is 5.07. The Labute approximate surface area is 202 Å². The SMILES string of the molecule is O=C(O)CSCCNC(=O)C1OCCC1CNC(=O)OCC1c2ccccc2-c2ccccc21. The lowest BCUT2D eigenvalue weighted by Gasteiger charge is -2.19. The molecule has 3 N–H and O–H groups in total. The van der Waals surface area contributed by atoms with Crippen LogP contribution in [-0.2, 0) is 19.1 Å². The molecule has 8 nitrogen and oxygen atoms in total. The molecule has 1 heterocycles. The van der Waals surface area contributed by atoms with Gasteiger partial charge in [-0.2, -0.15) is 0 Å². The zero-order chi connectivity index (χ0) is 23.9. The van der Waals surface area contributed by atoms with Crippen LogP contribution in [0.15, 0.2) is 48.5 Å². The van der Waals surface area contributed by atoms with Gasteiger partial charge >= 0.3 is 12.1 Å². The van der Waals surface area contributed by atoms with E-state index in [0.29, 0.717) is 25.3 Å². The van der Waals surface area contributed by atoms with E-state index >= 15 is 0 Å². The second kappa shape index (κ2) is 11.4. The zero-order valence-electron chi connectivity index (χ0n) is 18.7. The van der Waals surface area contributed by atoms with Gasteiger partial charge < -0.3 is 25.2 Å². The lowest BCUT2D eigenvalue weighted by atomic mass is 9.98. The molecule has 1 fully saturated rings. The average Bonchev–Trinajstić information content (AvgIpc) is 3.44. The molecule has 1 aliphatic heterocycles. The predicted octanol–water partition coefficient (Wildman–Crippen LogP) is 2.86. The highest BCUT2D eigenvalue weighted by Gasteiger charge is 2.34. The average molecular weight is 485 g/mol. The highest BCUT2D eigenvalue weighted by Crippen LogP contribution is 2.44. The Balaban J connectivity index is 1.23. The van der Waals surface area contributed by atoms with Crippen molar-refractivity contribution in [1.82, 2.24) is 10.6 Å². The van der Waals surface area contributed by atoms with Gasteiger partial charge in [-0.3, -0.25) is 9.59 Å². The predicted molar refractivity (Wildman–Crippen MR) is 129 cm³/mol. The third-order valence-corrected chi connectivity index (χ3v) is 7.04. The van der Waals surface area contributed by atoms with Gasteiger partial charge in [0, 0.05) is 37.3 Å². The molecule has 1 saturated heterocycles. The number of ether oxygens (including phenoxy) is 2. The van der Waals surface area contributed by atoms with Gasteiger partial charge in [0.15, 0.2) is 0 Å². The van der Waals surface area contributed by atoms with E-state index < -0.39 is 18.2 Å². The molecule has 2 aromatic rings. The van der Waals surface area contributed by atoms with Crippen molar-refractivity contribution in [2.24, 2.45) is 5.92 Å². The maximum absolute atomic E-state index is 12.4. The quantitative estimate of drug-likeness (QED) is 0.444. The minimum absolute atomic E-state index is 0.00246. The summed E-state index contributed by atoms with van der Waals surface area (Å²) in [6.45, 7) is 1.33. The van der Waals surface area contributed by atoms with E-state index in [4.69, 9.17) is 14.6 Å².